The quantitative estimate of drug-likeness (QED) is 0.802. The Bertz CT molecular complexity index is 375. The minimum atomic E-state index is -1.04. The second kappa shape index (κ2) is 5.93. The molecule has 1 heterocycles. The molecule has 1 aromatic heterocycles. The van der Waals surface area contributed by atoms with Crippen LogP contribution >= 0.6 is 0 Å². The summed E-state index contributed by atoms with van der Waals surface area (Å²) in [5.41, 5.74) is 0. The van der Waals surface area contributed by atoms with Crippen molar-refractivity contribution in [2.24, 2.45) is 0 Å². The monoisotopic (exact) mass is 240 g/mol. The lowest BCUT2D eigenvalue weighted by atomic mass is 10.2. The maximum atomic E-state index is 11.5. The van der Waals surface area contributed by atoms with E-state index in [-0.39, 0.29) is 12.6 Å². The van der Waals surface area contributed by atoms with Gasteiger partial charge in [0, 0.05) is 19.5 Å². The summed E-state index contributed by atoms with van der Waals surface area (Å²) >= 11 is 0. The van der Waals surface area contributed by atoms with E-state index in [2.05, 4.69) is 5.32 Å². The number of nitrogens with one attached hydrogen (secondary N) is 1. The third-order valence-electron chi connectivity index (χ3n) is 2.18. The minimum absolute atomic E-state index is 0.120. The van der Waals surface area contributed by atoms with Crippen LogP contribution in [0.3, 0.4) is 0 Å². The number of likely N-dealkylation sites (N-methyl/N-ethyl adjacent to an activating group) is 1. The van der Waals surface area contributed by atoms with Gasteiger partial charge in [0.2, 0.25) is 0 Å². The Morgan fingerprint density at radius 1 is 1.59 bits per heavy atom. The van der Waals surface area contributed by atoms with Crippen LogP contribution in [0.4, 0.5) is 4.79 Å². The van der Waals surface area contributed by atoms with Gasteiger partial charge in [-0.15, -0.1) is 0 Å². The van der Waals surface area contributed by atoms with E-state index in [0.29, 0.717) is 6.42 Å². The van der Waals surface area contributed by atoms with Crippen LogP contribution in [0, 0.1) is 0 Å². The summed E-state index contributed by atoms with van der Waals surface area (Å²) in [6.45, 7) is 1.51. The van der Waals surface area contributed by atoms with Crippen LogP contribution in [-0.4, -0.2) is 41.6 Å². The van der Waals surface area contributed by atoms with Crippen molar-refractivity contribution in [3.63, 3.8) is 0 Å². The lowest BCUT2D eigenvalue weighted by Gasteiger charge is -2.19. The number of carbonyl (C=O) groups is 2. The van der Waals surface area contributed by atoms with Crippen LogP contribution in [0.5, 0.6) is 0 Å². The third kappa shape index (κ3) is 4.58. The van der Waals surface area contributed by atoms with E-state index >= 15 is 0 Å². The number of hydrogen-bond donors (Lipinski definition) is 2. The fraction of sp³-hybridized carbons (Fsp3) is 0.455. The van der Waals surface area contributed by atoms with E-state index in [0.717, 1.165) is 10.7 Å². The second-order valence-electron chi connectivity index (χ2n) is 3.88. The normalized spacial score (nSPS) is 11.9. The summed E-state index contributed by atoms with van der Waals surface area (Å²) < 4.78 is 5.15. The smallest absolute Gasteiger partial charge is 0.323 e. The first-order valence-corrected chi connectivity index (χ1v) is 5.25. The Labute approximate surface area is 99.2 Å². The third-order valence-corrected chi connectivity index (χ3v) is 2.18. The molecular weight excluding hydrogens is 224 g/mol. The van der Waals surface area contributed by atoms with Crippen molar-refractivity contribution >= 4 is 12.0 Å². The predicted molar refractivity (Wildman–Crippen MR) is 60.7 cm³/mol. The number of aliphatic carboxylic acids is 1. The fourth-order valence-corrected chi connectivity index (χ4v) is 1.38. The lowest BCUT2D eigenvalue weighted by Crippen LogP contribution is -2.44. The molecule has 1 aromatic rings. The molecule has 0 radical (unpaired) electrons. The summed E-state index contributed by atoms with van der Waals surface area (Å²) in [6.07, 6.45) is 2.14. The van der Waals surface area contributed by atoms with Crippen LogP contribution in [0.15, 0.2) is 22.8 Å². The molecule has 2 N–H and O–H groups in total. The second-order valence-corrected chi connectivity index (χ2v) is 3.88. The van der Waals surface area contributed by atoms with Gasteiger partial charge in [0.05, 0.1) is 6.26 Å². The fourth-order valence-electron chi connectivity index (χ4n) is 1.38. The lowest BCUT2D eigenvalue weighted by molar-refractivity contribution is -0.137. The Morgan fingerprint density at radius 3 is 2.82 bits per heavy atom. The number of hydrogen-bond acceptors (Lipinski definition) is 3. The van der Waals surface area contributed by atoms with Crippen molar-refractivity contribution in [1.29, 1.82) is 0 Å². The standard InChI is InChI=1S/C11H16N2O4/c1-8(6-9-4-3-5-17-9)12-11(16)13(2)7-10(14)15/h3-5,8H,6-7H2,1-2H3,(H,12,16)(H,14,15). The molecule has 0 fully saturated rings. The van der Waals surface area contributed by atoms with E-state index in [1.165, 1.54) is 7.05 Å². The topological polar surface area (TPSA) is 82.8 Å². The van der Waals surface area contributed by atoms with Gasteiger partial charge in [-0.25, -0.2) is 4.79 Å². The van der Waals surface area contributed by atoms with Gasteiger partial charge in [0.25, 0.3) is 0 Å². The van der Waals surface area contributed by atoms with Crippen LogP contribution in [0.2, 0.25) is 0 Å². The zero-order valence-electron chi connectivity index (χ0n) is 9.84. The van der Waals surface area contributed by atoms with Gasteiger partial charge in [0.1, 0.15) is 12.3 Å². The average molecular weight is 240 g/mol. The van der Waals surface area contributed by atoms with Crippen molar-refractivity contribution in [2.45, 2.75) is 19.4 Å². The van der Waals surface area contributed by atoms with Gasteiger partial charge in [-0.2, -0.15) is 0 Å². The van der Waals surface area contributed by atoms with Gasteiger partial charge in [-0.3, -0.25) is 4.79 Å². The van der Waals surface area contributed by atoms with E-state index in [1.54, 1.807) is 12.3 Å². The number of carboxylic acids is 1. The summed E-state index contributed by atoms with van der Waals surface area (Å²) in [7, 11) is 1.43. The first-order chi connectivity index (χ1) is 7.99. The molecule has 1 atom stereocenters. The first-order valence-electron chi connectivity index (χ1n) is 5.25. The molecular formula is C11H16N2O4. The molecule has 1 unspecified atom stereocenters. The zero-order chi connectivity index (χ0) is 12.8. The number of amides is 2. The SMILES string of the molecule is CC(Cc1ccco1)NC(=O)N(C)CC(=O)O. The van der Waals surface area contributed by atoms with Crippen LogP contribution in [0.25, 0.3) is 0 Å². The number of nitrogens with zero attached hydrogens (tertiary/aromatic N) is 1. The maximum absolute atomic E-state index is 11.5. The highest BCUT2D eigenvalue weighted by molar-refractivity contribution is 5.79. The van der Waals surface area contributed by atoms with E-state index in [9.17, 15) is 9.59 Å². The summed E-state index contributed by atoms with van der Waals surface area (Å²) in [6, 6.07) is 3.07. The Hall–Kier alpha value is -1.98. The molecule has 0 aliphatic carbocycles. The first kappa shape index (κ1) is 13.1. The Balaban J connectivity index is 2.37. The highest BCUT2D eigenvalue weighted by Gasteiger charge is 2.15. The molecule has 0 saturated carbocycles. The van der Waals surface area contributed by atoms with Crippen molar-refractivity contribution < 1.29 is 19.1 Å². The minimum Gasteiger partial charge on any atom is -0.480 e. The molecule has 0 bridgehead atoms. The molecule has 2 amide bonds. The number of urea groups is 1. The highest BCUT2D eigenvalue weighted by Crippen LogP contribution is 2.04. The van der Waals surface area contributed by atoms with Crippen molar-refractivity contribution in [3.8, 4) is 0 Å². The Kier molecular flexibility index (Phi) is 4.56. The number of carbonyl (C=O) groups excluding carboxylic acids is 1. The number of rotatable bonds is 5. The van der Waals surface area contributed by atoms with Crippen LogP contribution in [-0.2, 0) is 11.2 Å². The van der Waals surface area contributed by atoms with Gasteiger partial charge in [0.15, 0.2) is 0 Å². The molecule has 0 aliphatic heterocycles. The summed E-state index contributed by atoms with van der Waals surface area (Å²) in [4.78, 5) is 23.1. The number of carboxylic acid groups (broad SMARTS) is 1. The van der Waals surface area contributed by atoms with Crippen LogP contribution < -0.4 is 5.32 Å². The van der Waals surface area contributed by atoms with Crippen LogP contribution in [0.1, 0.15) is 12.7 Å². The van der Waals surface area contributed by atoms with Gasteiger partial charge in [-0.05, 0) is 19.1 Å². The van der Waals surface area contributed by atoms with Crippen molar-refractivity contribution in [2.75, 3.05) is 13.6 Å². The van der Waals surface area contributed by atoms with E-state index < -0.39 is 12.0 Å². The molecule has 1 rings (SSSR count). The molecule has 94 valence electrons. The summed E-state index contributed by atoms with van der Waals surface area (Å²) in [5.74, 6) is -0.264. The molecule has 0 spiro atoms. The zero-order valence-corrected chi connectivity index (χ0v) is 9.84. The van der Waals surface area contributed by atoms with Crippen molar-refractivity contribution in [1.82, 2.24) is 10.2 Å². The highest BCUT2D eigenvalue weighted by atomic mass is 16.4. The molecule has 6 nitrogen and oxygen atoms in total. The Morgan fingerprint density at radius 2 is 2.29 bits per heavy atom. The summed E-state index contributed by atoms with van der Waals surface area (Å²) in [5, 5.41) is 11.2. The predicted octanol–water partition coefficient (Wildman–Crippen LogP) is 0.937. The van der Waals surface area contributed by atoms with E-state index in [1.807, 2.05) is 13.0 Å². The van der Waals surface area contributed by atoms with Gasteiger partial charge >= 0.3 is 12.0 Å². The van der Waals surface area contributed by atoms with Gasteiger partial charge < -0.3 is 19.7 Å². The molecule has 0 aromatic carbocycles. The largest absolute Gasteiger partial charge is 0.480 e. The number of furan rings is 1. The molecule has 0 aliphatic rings. The maximum Gasteiger partial charge on any atom is 0.323 e. The average Bonchev–Trinajstić information content (AvgIpc) is 2.68. The van der Waals surface area contributed by atoms with Crippen molar-refractivity contribution in [3.05, 3.63) is 24.2 Å². The van der Waals surface area contributed by atoms with Gasteiger partial charge in [-0.1, -0.05) is 0 Å². The molecule has 6 heteroatoms. The molecule has 17 heavy (non-hydrogen) atoms. The molecule has 0 saturated heterocycles. The van der Waals surface area contributed by atoms with E-state index in [4.69, 9.17) is 9.52 Å².